The summed E-state index contributed by atoms with van der Waals surface area (Å²) in [7, 11) is 2.12. The first kappa shape index (κ1) is 16.3. The molecule has 1 aromatic carbocycles. The summed E-state index contributed by atoms with van der Waals surface area (Å²) in [6, 6.07) is 1.32. The Hall–Kier alpha value is -0.0400. The number of hydrogen-bond donors (Lipinski definition) is 0. The van der Waals surface area contributed by atoms with E-state index in [1.807, 2.05) is 0 Å². The van der Waals surface area contributed by atoms with Gasteiger partial charge in [-0.15, -0.1) is 0 Å². The maximum absolute atomic E-state index is 14.0. The minimum Gasteiger partial charge on any atom is -0.304 e. The van der Waals surface area contributed by atoms with Crippen molar-refractivity contribution in [3.05, 3.63) is 32.2 Å². The van der Waals surface area contributed by atoms with Crippen LogP contribution in [0.4, 0.5) is 8.78 Å². The van der Waals surface area contributed by atoms with Crippen molar-refractivity contribution in [2.45, 2.75) is 12.8 Å². The molecule has 0 radical (unpaired) electrons. The van der Waals surface area contributed by atoms with Crippen LogP contribution in [-0.2, 0) is 6.42 Å². The number of rotatable bonds is 4. The molecule has 0 amide bonds. The standard InChI is InChI=1S/C14H18Br2F2N2/c1-19-5-7-20(8-6-19)4-2-3-10-11(15)9-12(17)13(16)14(10)18/h9H,2-8H2,1H3. The highest BCUT2D eigenvalue weighted by atomic mass is 79.9. The molecule has 0 unspecified atom stereocenters. The van der Waals surface area contributed by atoms with Crippen LogP contribution in [0.15, 0.2) is 15.0 Å². The molecule has 1 aromatic rings. The van der Waals surface area contributed by atoms with Crippen molar-refractivity contribution in [3.8, 4) is 0 Å². The SMILES string of the molecule is CN1CCN(CCCc2c(Br)cc(F)c(Br)c2F)CC1. The zero-order valence-electron chi connectivity index (χ0n) is 11.4. The zero-order chi connectivity index (χ0) is 14.7. The van der Waals surface area contributed by atoms with Crippen molar-refractivity contribution in [2.24, 2.45) is 0 Å². The van der Waals surface area contributed by atoms with E-state index in [2.05, 4.69) is 48.7 Å². The Balaban J connectivity index is 1.90. The molecule has 1 heterocycles. The Morgan fingerprint density at radius 2 is 1.80 bits per heavy atom. The molecule has 1 fully saturated rings. The van der Waals surface area contributed by atoms with Gasteiger partial charge in [-0.3, -0.25) is 0 Å². The summed E-state index contributed by atoms with van der Waals surface area (Å²) >= 11 is 6.20. The van der Waals surface area contributed by atoms with Crippen molar-refractivity contribution in [1.29, 1.82) is 0 Å². The third kappa shape index (κ3) is 4.00. The summed E-state index contributed by atoms with van der Waals surface area (Å²) in [5.41, 5.74) is 0.549. The lowest BCUT2D eigenvalue weighted by Gasteiger charge is -2.32. The minimum absolute atomic E-state index is 0.0738. The van der Waals surface area contributed by atoms with Gasteiger partial charge in [0.2, 0.25) is 0 Å². The summed E-state index contributed by atoms with van der Waals surface area (Å²) in [6.07, 6.45) is 1.48. The Bertz CT molecular complexity index is 475. The summed E-state index contributed by atoms with van der Waals surface area (Å²) < 4.78 is 27.8. The molecule has 0 aliphatic carbocycles. The third-order valence-corrected chi connectivity index (χ3v) is 5.14. The summed E-state index contributed by atoms with van der Waals surface area (Å²) in [5.74, 6) is -1.06. The highest BCUT2D eigenvalue weighted by Crippen LogP contribution is 2.30. The first-order chi connectivity index (χ1) is 9.49. The normalized spacial score (nSPS) is 17.6. The van der Waals surface area contributed by atoms with Gasteiger partial charge in [0.25, 0.3) is 0 Å². The molecule has 0 spiro atoms. The van der Waals surface area contributed by atoms with Crippen LogP contribution in [0.1, 0.15) is 12.0 Å². The van der Waals surface area contributed by atoms with Crippen molar-refractivity contribution in [3.63, 3.8) is 0 Å². The van der Waals surface area contributed by atoms with Crippen LogP contribution in [-0.4, -0.2) is 49.6 Å². The van der Waals surface area contributed by atoms with Crippen molar-refractivity contribution in [2.75, 3.05) is 39.8 Å². The zero-order valence-corrected chi connectivity index (χ0v) is 14.6. The number of halogens is 4. The molecule has 0 saturated carbocycles. The Labute approximate surface area is 135 Å². The van der Waals surface area contributed by atoms with E-state index in [9.17, 15) is 8.78 Å². The predicted octanol–water partition coefficient (Wildman–Crippen LogP) is 3.67. The van der Waals surface area contributed by atoms with Crippen molar-refractivity contribution < 1.29 is 8.78 Å². The van der Waals surface area contributed by atoms with Crippen LogP contribution < -0.4 is 0 Å². The highest BCUT2D eigenvalue weighted by Gasteiger charge is 2.17. The minimum atomic E-state index is -0.572. The lowest BCUT2D eigenvalue weighted by atomic mass is 10.1. The van der Waals surface area contributed by atoms with Crippen LogP contribution in [0.5, 0.6) is 0 Å². The van der Waals surface area contributed by atoms with Gasteiger partial charge in [0, 0.05) is 36.2 Å². The van der Waals surface area contributed by atoms with Gasteiger partial charge in [-0.05, 0) is 48.4 Å². The molecular weight excluding hydrogens is 394 g/mol. The first-order valence-corrected chi connectivity index (χ1v) is 8.30. The second-order valence-electron chi connectivity index (χ2n) is 5.20. The fourth-order valence-corrected chi connectivity index (χ4v) is 3.31. The molecular formula is C14H18Br2F2N2. The smallest absolute Gasteiger partial charge is 0.144 e. The Morgan fingerprint density at radius 3 is 2.45 bits per heavy atom. The summed E-state index contributed by atoms with van der Waals surface area (Å²) in [6.45, 7) is 5.25. The molecule has 0 N–H and O–H groups in total. The van der Waals surface area contributed by atoms with Crippen LogP contribution in [0.3, 0.4) is 0 Å². The Kier molecular flexibility index (Phi) is 5.95. The van der Waals surface area contributed by atoms with Gasteiger partial charge < -0.3 is 9.80 Å². The third-order valence-electron chi connectivity index (χ3n) is 3.71. The second kappa shape index (κ2) is 7.29. The first-order valence-electron chi connectivity index (χ1n) is 6.72. The average Bonchev–Trinajstić information content (AvgIpc) is 2.42. The van der Waals surface area contributed by atoms with Gasteiger partial charge in [-0.2, -0.15) is 0 Å². The lowest BCUT2D eigenvalue weighted by molar-refractivity contribution is 0.153. The van der Waals surface area contributed by atoms with Crippen LogP contribution in [0.2, 0.25) is 0 Å². The highest BCUT2D eigenvalue weighted by molar-refractivity contribution is 9.11. The van der Waals surface area contributed by atoms with E-state index < -0.39 is 11.6 Å². The number of piperazine rings is 1. The molecule has 1 aliphatic rings. The molecule has 2 rings (SSSR count). The van der Waals surface area contributed by atoms with Gasteiger partial charge in [-0.25, -0.2) is 8.78 Å². The molecule has 0 bridgehead atoms. The van der Waals surface area contributed by atoms with Gasteiger partial charge in [-0.1, -0.05) is 15.9 Å². The van der Waals surface area contributed by atoms with Gasteiger partial charge in [0.15, 0.2) is 0 Å². The lowest BCUT2D eigenvalue weighted by Crippen LogP contribution is -2.44. The van der Waals surface area contributed by atoms with E-state index in [1.165, 1.54) is 6.07 Å². The molecule has 2 nitrogen and oxygen atoms in total. The molecule has 1 saturated heterocycles. The fourth-order valence-electron chi connectivity index (χ4n) is 2.38. The summed E-state index contributed by atoms with van der Waals surface area (Å²) in [5, 5.41) is 0. The number of benzene rings is 1. The molecule has 112 valence electrons. The Morgan fingerprint density at radius 1 is 1.15 bits per heavy atom. The molecule has 1 aliphatic heterocycles. The molecule has 6 heteroatoms. The van der Waals surface area contributed by atoms with Crippen molar-refractivity contribution in [1.82, 2.24) is 9.80 Å². The fraction of sp³-hybridized carbons (Fsp3) is 0.571. The van der Waals surface area contributed by atoms with E-state index in [0.29, 0.717) is 16.5 Å². The topological polar surface area (TPSA) is 6.48 Å². The van der Waals surface area contributed by atoms with E-state index >= 15 is 0 Å². The van der Waals surface area contributed by atoms with E-state index in [-0.39, 0.29) is 4.47 Å². The predicted molar refractivity (Wildman–Crippen MR) is 84.0 cm³/mol. The largest absolute Gasteiger partial charge is 0.304 e. The van der Waals surface area contributed by atoms with Gasteiger partial charge in [0.05, 0.1) is 4.47 Å². The number of nitrogens with zero attached hydrogens (tertiary/aromatic N) is 2. The van der Waals surface area contributed by atoms with Crippen molar-refractivity contribution >= 4 is 31.9 Å². The van der Waals surface area contributed by atoms with Crippen LogP contribution in [0, 0.1) is 11.6 Å². The van der Waals surface area contributed by atoms with E-state index in [0.717, 1.165) is 39.1 Å². The second-order valence-corrected chi connectivity index (χ2v) is 6.84. The maximum atomic E-state index is 14.0. The van der Waals surface area contributed by atoms with Crippen LogP contribution in [0.25, 0.3) is 0 Å². The maximum Gasteiger partial charge on any atom is 0.144 e. The quantitative estimate of drug-likeness (QED) is 0.550. The van der Waals surface area contributed by atoms with Gasteiger partial charge in [0.1, 0.15) is 11.6 Å². The number of likely N-dealkylation sites (N-methyl/N-ethyl adjacent to an activating group) is 1. The molecule has 0 atom stereocenters. The van der Waals surface area contributed by atoms with Gasteiger partial charge >= 0.3 is 0 Å². The monoisotopic (exact) mass is 410 g/mol. The number of hydrogen-bond acceptors (Lipinski definition) is 2. The molecule has 20 heavy (non-hydrogen) atoms. The molecule has 0 aromatic heterocycles. The summed E-state index contributed by atoms with van der Waals surface area (Å²) in [4.78, 5) is 4.70. The van der Waals surface area contributed by atoms with E-state index in [4.69, 9.17) is 0 Å². The average molecular weight is 412 g/mol. The van der Waals surface area contributed by atoms with Crippen LogP contribution >= 0.6 is 31.9 Å². The van der Waals surface area contributed by atoms with E-state index in [1.54, 1.807) is 0 Å².